The molecule has 0 saturated heterocycles. The van der Waals surface area contributed by atoms with E-state index in [9.17, 15) is 14.6 Å². The molecule has 23 heavy (non-hydrogen) atoms. The predicted octanol–water partition coefficient (Wildman–Crippen LogP) is 4.10. The first-order chi connectivity index (χ1) is 10.7. The van der Waals surface area contributed by atoms with Gasteiger partial charge in [0.25, 0.3) is 0 Å². The van der Waals surface area contributed by atoms with Crippen LogP contribution in [-0.2, 0) is 0 Å². The molecule has 3 N–H and O–H groups in total. The van der Waals surface area contributed by atoms with Crippen molar-refractivity contribution in [2.45, 2.75) is 52.7 Å². The van der Waals surface area contributed by atoms with Gasteiger partial charge in [-0.2, -0.15) is 0 Å². The zero-order valence-electron chi connectivity index (χ0n) is 14.3. The Morgan fingerprint density at radius 2 is 1.87 bits per heavy atom. The lowest BCUT2D eigenvalue weighted by Gasteiger charge is -2.17. The SMILES string of the molecule is CC(C)C(=C=CC[C@@H](O)c1ccc(O)c(F)c1)C[C@@H](O)C(C)C. The third-order valence-corrected chi connectivity index (χ3v) is 3.88. The first-order valence-corrected chi connectivity index (χ1v) is 8.00. The number of halogens is 1. The molecular formula is C19H27FO3. The molecule has 0 aliphatic carbocycles. The lowest BCUT2D eigenvalue weighted by Crippen LogP contribution is -2.16. The Morgan fingerprint density at radius 3 is 2.39 bits per heavy atom. The summed E-state index contributed by atoms with van der Waals surface area (Å²) in [6.45, 7) is 8.01. The average molecular weight is 322 g/mol. The number of phenols is 1. The molecule has 0 spiro atoms. The van der Waals surface area contributed by atoms with Crippen LogP contribution in [0.3, 0.4) is 0 Å². The van der Waals surface area contributed by atoms with Crippen LogP contribution in [0.5, 0.6) is 5.75 Å². The normalized spacial score (nSPS) is 13.8. The Hall–Kier alpha value is -1.61. The fourth-order valence-electron chi connectivity index (χ4n) is 2.09. The third kappa shape index (κ3) is 6.19. The van der Waals surface area contributed by atoms with Crippen LogP contribution in [0.25, 0.3) is 0 Å². The second-order valence-electron chi connectivity index (χ2n) is 6.51. The van der Waals surface area contributed by atoms with Crippen LogP contribution >= 0.6 is 0 Å². The lowest BCUT2D eigenvalue weighted by atomic mass is 9.93. The zero-order valence-corrected chi connectivity index (χ0v) is 14.3. The van der Waals surface area contributed by atoms with E-state index >= 15 is 0 Å². The molecule has 4 heteroatoms. The number of hydrogen-bond acceptors (Lipinski definition) is 3. The molecule has 0 heterocycles. The number of aromatic hydroxyl groups is 1. The monoisotopic (exact) mass is 322 g/mol. The molecule has 0 bridgehead atoms. The molecule has 0 aliphatic rings. The highest BCUT2D eigenvalue weighted by molar-refractivity contribution is 5.29. The van der Waals surface area contributed by atoms with E-state index in [0.717, 1.165) is 11.6 Å². The molecule has 0 aromatic heterocycles. The van der Waals surface area contributed by atoms with Crippen molar-refractivity contribution in [1.29, 1.82) is 0 Å². The Kier molecular flexibility index (Phi) is 7.50. The van der Waals surface area contributed by atoms with Crippen molar-refractivity contribution in [3.63, 3.8) is 0 Å². The van der Waals surface area contributed by atoms with Gasteiger partial charge in [0.2, 0.25) is 0 Å². The Bertz CT molecular complexity index is 572. The van der Waals surface area contributed by atoms with Gasteiger partial charge in [-0.05, 0) is 41.2 Å². The summed E-state index contributed by atoms with van der Waals surface area (Å²) in [4.78, 5) is 0. The molecule has 1 rings (SSSR count). The third-order valence-electron chi connectivity index (χ3n) is 3.88. The molecule has 0 unspecified atom stereocenters. The van der Waals surface area contributed by atoms with Gasteiger partial charge >= 0.3 is 0 Å². The Morgan fingerprint density at radius 1 is 1.22 bits per heavy atom. The van der Waals surface area contributed by atoms with Crippen LogP contribution in [0, 0.1) is 17.7 Å². The molecule has 0 fully saturated rings. The number of rotatable bonds is 7. The summed E-state index contributed by atoms with van der Waals surface area (Å²) in [6, 6.07) is 3.85. The number of aliphatic hydroxyl groups excluding tert-OH is 2. The summed E-state index contributed by atoms with van der Waals surface area (Å²) in [7, 11) is 0. The highest BCUT2D eigenvalue weighted by Gasteiger charge is 2.14. The van der Waals surface area contributed by atoms with E-state index < -0.39 is 23.8 Å². The second kappa shape index (κ2) is 8.88. The van der Waals surface area contributed by atoms with Crippen molar-refractivity contribution in [3.8, 4) is 5.75 Å². The van der Waals surface area contributed by atoms with Gasteiger partial charge in [-0.15, -0.1) is 5.73 Å². The van der Waals surface area contributed by atoms with E-state index in [1.807, 2.05) is 27.7 Å². The molecule has 1 aromatic carbocycles. The van der Waals surface area contributed by atoms with Crippen molar-refractivity contribution in [3.05, 3.63) is 47.0 Å². The first kappa shape index (κ1) is 19.4. The molecule has 0 radical (unpaired) electrons. The quantitative estimate of drug-likeness (QED) is 0.662. The van der Waals surface area contributed by atoms with Crippen LogP contribution in [0.1, 0.15) is 52.2 Å². The fraction of sp³-hybridized carbons (Fsp3) is 0.526. The van der Waals surface area contributed by atoms with E-state index in [1.165, 1.54) is 12.1 Å². The topological polar surface area (TPSA) is 60.7 Å². The van der Waals surface area contributed by atoms with Gasteiger partial charge in [-0.1, -0.05) is 33.8 Å². The van der Waals surface area contributed by atoms with Gasteiger partial charge in [-0.3, -0.25) is 0 Å². The summed E-state index contributed by atoms with van der Waals surface area (Å²) in [5.41, 5.74) is 4.56. The number of hydrogen-bond donors (Lipinski definition) is 3. The minimum atomic E-state index is -0.860. The van der Waals surface area contributed by atoms with Crippen LogP contribution in [0.15, 0.2) is 35.6 Å². The van der Waals surface area contributed by atoms with Gasteiger partial charge < -0.3 is 15.3 Å². The summed E-state index contributed by atoms with van der Waals surface area (Å²) in [5, 5.41) is 29.2. The molecule has 2 atom stereocenters. The summed E-state index contributed by atoms with van der Waals surface area (Å²) < 4.78 is 13.3. The van der Waals surface area contributed by atoms with Crippen molar-refractivity contribution >= 4 is 0 Å². The van der Waals surface area contributed by atoms with Crippen molar-refractivity contribution in [2.75, 3.05) is 0 Å². The van der Waals surface area contributed by atoms with E-state index in [4.69, 9.17) is 5.11 Å². The average Bonchev–Trinajstić information content (AvgIpc) is 2.48. The lowest BCUT2D eigenvalue weighted by molar-refractivity contribution is 0.123. The van der Waals surface area contributed by atoms with Crippen molar-refractivity contribution < 1.29 is 19.7 Å². The Labute approximate surface area is 137 Å². The molecule has 128 valence electrons. The van der Waals surface area contributed by atoms with Crippen LogP contribution in [0.4, 0.5) is 4.39 Å². The van der Waals surface area contributed by atoms with E-state index in [0.29, 0.717) is 12.0 Å². The van der Waals surface area contributed by atoms with E-state index in [2.05, 4.69) is 5.73 Å². The zero-order chi connectivity index (χ0) is 17.6. The van der Waals surface area contributed by atoms with Crippen LogP contribution < -0.4 is 0 Å². The Balaban J connectivity index is 2.81. The summed E-state index contributed by atoms with van der Waals surface area (Å²) in [6.07, 6.45) is 1.29. The molecule has 0 amide bonds. The highest BCUT2D eigenvalue weighted by atomic mass is 19.1. The van der Waals surface area contributed by atoms with Gasteiger partial charge in [0, 0.05) is 12.8 Å². The minimum Gasteiger partial charge on any atom is -0.505 e. The predicted molar refractivity (Wildman–Crippen MR) is 89.5 cm³/mol. The van der Waals surface area contributed by atoms with Gasteiger partial charge in [0.15, 0.2) is 11.6 Å². The van der Waals surface area contributed by atoms with Gasteiger partial charge in [0.05, 0.1) is 12.2 Å². The number of benzene rings is 1. The highest BCUT2D eigenvalue weighted by Crippen LogP contribution is 2.23. The summed E-state index contributed by atoms with van der Waals surface area (Å²) >= 11 is 0. The number of aliphatic hydroxyl groups is 2. The van der Waals surface area contributed by atoms with Crippen molar-refractivity contribution in [2.24, 2.45) is 11.8 Å². The minimum absolute atomic E-state index is 0.177. The smallest absolute Gasteiger partial charge is 0.165 e. The first-order valence-electron chi connectivity index (χ1n) is 8.00. The largest absolute Gasteiger partial charge is 0.505 e. The maximum atomic E-state index is 13.3. The van der Waals surface area contributed by atoms with Crippen molar-refractivity contribution in [1.82, 2.24) is 0 Å². The molecule has 0 aliphatic heterocycles. The van der Waals surface area contributed by atoms with E-state index in [-0.39, 0.29) is 18.3 Å². The second-order valence-corrected chi connectivity index (χ2v) is 6.51. The van der Waals surface area contributed by atoms with Gasteiger partial charge in [0.1, 0.15) is 0 Å². The maximum Gasteiger partial charge on any atom is 0.165 e. The van der Waals surface area contributed by atoms with Crippen LogP contribution in [0.2, 0.25) is 0 Å². The fourth-order valence-corrected chi connectivity index (χ4v) is 2.09. The maximum absolute atomic E-state index is 13.3. The number of phenolic OH excluding ortho intramolecular Hbond substituents is 1. The molecule has 1 aromatic rings. The molecule has 0 saturated carbocycles. The molecular weight excluding hydrogens is 295 g/mol. The summed E-state index contributed by atoms with van der Waals surface area (Å²) in [5.74, 6) is -0.746. The van der Waals surface area contributed by atoms with E-state index in [1.54, 1.807) is 6.08 Å². The van der Waals surface area contributed by atoms with Gasteiger partial charge in [-0.25, -0.2) is 4.39 Å². The standard InChI is InChI=1S/C19H27FO3/c1-12(2)14(11-19(23)13(3)4)6-5-7-17(21)15-8-9-18(22)16(20)10-15/h5,8-10,12-13,17,19,21-23H,7,11H2,1-4H3/t6?,17-,19-/m1/s1. The van der Waals surface area contributed by atoms with Crippen LogP contribution in [-0.4, -0.2) is 21.4 Å². The molecule has 3 nitrogen and oxygen atoms in total.